The minimum Gasteiger partial charge on any atom is -0.300 e. The van der Waals surface area contributed by atoms with E-state index in [1.807, 2.05) is 0 Å². The summed E-state index contributed by atoms with van der Waals surface area (Å²) in [6, 6.07) is 8.55. The molecule has 0 atom stereocenters. The topological polar surface area (TPSA) is 17.1 Å². The Kier molecular flexibility index (Phi) is 3.67. The Labute approximate surface area is 92.5 Å². The van der Waals surface area contributed by atoms with Crippen molar-refractivity contribution < 1.29 is 4.79 Å². The summed E-state index contributed by atoms with van der Waals surface area (Å²) in [7, 11) is 0. The van der Waals surface area contributed by atoms with E-state index in [1.54, 1.807) is 6.92 Å². The lowest BCUT2D eigenvalue weighted by atomic mass is 9.81. The van der Waals surface area contributed by atoms with Crippen LogP contribution >= 0.6 is 0 Å². The summed E-state index contributed by atoms with van der Waals surface area (Å²) < 4.78 is 0. The fraction of sp³-hybridized carbons (Fsp3) is 0.500. The van der Waals surface area contributed by atoms with Gasteiger partial charge >= 0.3 is 0 Å². The SMILES string of the molecule is CC(=O)CC(C)(C)Cc1ccc(C)cc1. The highest BCUT2D eigenvalue weighted by Crippen LogP contribution is 2.26. The molecule has 0 aromatic heterocycles. The number of ketones is 1. The molecule has 0 bridgehead atoms. The van der Waals surface area contributed by atoms with Gasteiger partial charge in [-0.15, -0.1) is 0 Å². The van der Waals surface area contributed by atoms with E-state index in [4.69, 9.17) is 0 Å². The Morgan fingerprint density at radius 1 is 1.20 bits per heavy atom. The molecule has 0 amide bonds. The first-order valence-electron chi connectivity index (χ1n) is 5.44. The molecule has 0 aliphatic rings. The maximum atomic E-state index is 11.1. The van der Waals surface area contributed by atoms with Gasteiger partial charge in [0.05, 0.1) is 0 Å². The molecule has 0 heterocycles. The summed E-state index contributed by atoms with van der Waals surface area (Å²) in [4.78, 5) is 11.1. The zero-order valence-corrected chi connectivity index (χ0v) is 10.1. The molecule has 1 heteroatoms. The maximum absolute atomic E-state index is 11.1. The van der Waals surface area contributed by atoms with Gasteiger partial charge in [-0.2, -0.15) is 0 Å². The van der Waals surface area contributed by atoms with Gasteiger partial charge in [0.1, 0.15) is 5.78 Å². The third-order valence-corrected chi connectivity index (χ3v) is 2.53. The summed E-state index contributed by atoms with van der Waals surface area (Å²) in [5, 5.41) is 0. The summed E-state index contributed by atoms with van der Waals surface area (Å²) in [5.41, 5.74) is 2.66. The van der Waals surface area contributed by atoms with Crippen molar-refractivity contribution in [2.45, 2.75) is 40.5 Å². The molecule has 0 saturated carbocycles. The second-order valence-corrected chi connectivity index (χ2v) is 5.21. The number of benzene rings is 1. The lowest BCUT2D eigenvalue weighted by Gasteiger charge is -2.23. The van der Waals surface area contributed by atoms with Crippen LogP contribution in [0.5, 0.6) is 0 Å². The van der Waals surface area contributed by atoms with Crippen LogP contribution in [0.3, 0.4) is 0 Å². The van der Waals surface area contributed by atoms with Crippen LogP contribution in [-0.2, 0) is 11.2 Å². The highest BCUT2D eigenvalue weighted by atomic mass is 16.1. The Morgan fingerprint density at radius 3 is 2.20 bits per heavy atom. The maximum Gasteiger partial charge on any atom is 0.130 e. The van der Waals surface area contributed by atoms with Gasteiger partial charge in [-0.25, -0.2) is 0 Å². The number of aryl methyl sites for hydroxylation is 1. The average Bonchev–Trinajstić information content (AvgIpc) is 2.06. The first-order chi connectivity index (χ1) is 6.89. The minimum absolute atomic E-state index is 0.0705. The molecular weight excluding hydrogens is 184 g/mol. The van der Waals surface area contributed by atoms with Crippen molar-refractivity contribution in [2.24, 2.45) is 5.41 Å². The standard InChI is InChI=1S/C14H20O/c1-11-5-7-13(8-6-11)10-14(3,4)9-12(2)15/h5-8H,9-10H2,1-4H3. The quantitative estimate of drug-likeness (QED) is 0.733. The highest BCUT2D eigenvalue weighted by molar-refractivity contribution is 5.76. The highest BCUT2D eigenvalue weighted by Gasteiger charge is 2.20. The average molecular weight is 204 g/mol. The molecule has 1 aromatic rings. The second-order valence-electron chi connectivity index (χ2n) is 5.21. The van der Waals surface area contributed by atoms with Crippen molar-refractivity contribution in [3.05, 3.63) is 35.4 Å². The summed E-state index contributed by atoms with van der Waals surface area (Å²) in [6.07, 6.45) is 1.62. The number of carbonyl (C=O) groups is 1. The number of hydrogen-bond acceptors (Lipinski definition) is 1. The van der Waals surface area contributed by atoms with Gasteiger partial charge in [0.25, 0.3) is 0 Å². The lowest BCUT2D eigenvalue weighted by Crippen LogP contribution is -2.18. The third-order valence-electron chi connectivity index (χ3n) is 2.53. The lowest BCUT2D eigenvalue weighted by molar-refractivity contribution is -0.118. The predicted octanol–water partition coefficient (Wildman–Crippen LogP) is 3.54. The van der Waals surface area contributed by atoms with Gasteiger partial charge in [0.15, 0.2) is 0 Å². The molecule has 0 aliphatic heterocycles. The van der Waals surface area contributed by atoms with Crippen LogP contribution in [-0.4, -0.2) is 5.78 Å². The summed E-state index contributed by atoms with van der Waals surface area (Å²) in [5.74, 6) is 0.270. The normalized spacial score (nSPS) is 11.5. The third kappa shape index (κ3) is 4.28. The molecular formula is C14H20O. The molecule has 1 aromatic carbocycles. The van der Waals surface area contributed by atoms with Crippen molar-refractivity contribution in [1.29, 1.82) is 0 Å². The van der Waals surface area contributed by atoms with Gasteiger partial charge in [-0.1, -0.05) is 43.7 Å². The van der Waals surface area contributed by atoms with E-state index in [1.165, 1.54) is 11.1 Å². The fourth-order valence-electron chi connectivity index (χ4n) is 1.99. The van der Waals surface area contributed by atoms with Crippen LogP contribution in [0.25, 0.3) is 0 Å². The molecule has 0 unspecified atom stereocenters. The minimum atomic E-state index is 0.0705. The van der Waals surface area contributed by atoms with Gasteiger partial charge in [0, 0.05) is 6.42 Å². The van der Waals surface area contributed by atoms with Gasteiger partial charge < -0.3 is 4.79 Å². The van der Waals surface area contributed by atoms with E-state index in [0.717, 1.165) is 6.42 Å². The van der Waals surface area contributed by atoms with Gasteiger partial charge in [0.2, 0.25) is 0 Å². The smallest absolute Gasteiger partial charge is 0.130 e. The van der Waals surface area contributed by atoms with Crippen LogP contribution in [0.2, 0.25) is 0 Å². The zero-order chi connectivity index (χ0) is 11.5. The predicted molar refractivity (Wildman–Crippen MR) is 64.0 cm³/mol. The van der Waals surface area contributed by atoms with E-state index in [9.17, 15) is 4.79 Å². The van der Waals surface area contributed by atoms with Gasteiger partial charge in [-0.05, 0) is 31.2 Å². The molecule has 0 radical (unpaired) electrons. The monoisotopic (exact) mass is 204 g/mol. The molecule has 1 rings (SSSR count). The van der Waals surface area contributed by atoms with Crippen molar-refractivity contribution in [3.8, 4) is 0 Å². The van der Waals surface area contributed by atoms with Crippen molar-refractivity contribution >= 4 is 5.78 Å². The Bertz CT molecular complexity index is 333. The molecule has 0 spiro atoms. The van der Waals surface area contributed by atoms with E-state index in [-0.39, 0.29) is 11.2 Å². The Hall–Kier alpha value is -1.11. The number of rotatable bonds is 4. The zero-order valence-electron chi connectivity index (χ0n) is 10.1. The van der Waals surface area contributed by atoms with E-state index in [2.05, 4.69) is 45.0 Å². The summed E-state index contributed by atoms with van der Waals surface area (Å²) in [6.45, 7) is 8.05. The van der Waals surface area contributed by atoms with Crippen molar-refractivity contribution in [3.63, 3.8) is 0 Å². The largest absolute Gasteiger partial charge is 0.300 e. The summed E-state index contributed by atoms with van der Waals surface area (Å²) >= 11 is 0. The number of hydrogen-bond donors (Lipinski definition) is 0. The fourth-order valence-corrected chi connectivity index (χ4v) is 1.99. The van der Waals surface area contributed by atoms with Crippen molar-refractivity contribution in [2.75, 3.05) is 0 Å². The number of Topliss-reactive ketones (excluding diaryl/α,β-unsaturated/α-hetero) is 1. The molecule has 82 valence electrons. The first-order valence-corrected chi connectivity index (χ1v) is 5.44. The van der Waals surface area contributed by atoms with E-state index < -0.39 is 0 Å². The van der Waals surface area contributed by atoms with Gasteiger partial charge in [-0.3, -0.25) is 0 Å². The Morgan fingerprint density at radius 2 is 1.73 bits per heavy atom. The van der Waals surface area contributed by atoms with Crippen LogP contribution in [0.1, 0.15) is 38.3 Å². The second kappa shape index (κ2) is 4.61. The van der Waals surface area contributed by atoms with Crippen LogP contribution < -0.4 is 0 Å². The molecule has 0 saturated heterocycles. The van der Waals surface area contributed by atoms with Crippen LogP contribution in [0.15, 0.2) is 24.3 Å². The van der Waals surface area contributed by atoms with Crippen LogP contribution in [0, 0.1) is 12.3 Å². The first kappa shape index (κ1) is 12.0. The van der Waals surface area contributed by atoms with Crippen LogP contribution in [0.4, 0.5) is 0 Å². The molecule has 0 fully saturated rings. The molecule has 15 heavy (non-hydrogen) atoms. The number of carbonyl (C=O) groups excluding carboxylic acids is 1. The van der Waals surface area contributed by atoms with E-state index >= 15 is 0 Å². The molecule has 0 aliphatic carbocycles. The van der Waals surface area contributed by atoms with Crippen molar-refractivity contribution in [1.82, 2.24) is 0 Å². The molecule has 0 N–H and O–H groups in total. The Balaban J connectivity index is 2.68. The molecule has 1 nitrogen and oxygen atoms in total. The van der Waals surface area contributed by atoms with E-state index in [0.29, 0.717) is 6.42 Å².